The average molecular weight is 407 g/mol. The quantitative estimate of drug-likeness (QED) is 0.556. The maximum absolute atomic E-state index is 12.9. The molecular weight excluding hydrogens is 384 g/mol. The van der Waals surface area contributed by atoms with Crippen LogP contribution in [0.15, 0.2) is 84.9 Å². The second-order valence-corrected chi connectivity index (χ2v) is 7.14. The van der Waals surface area contributed by atoms with Gasteiger partial charge in [0.05, 0.1) is 12.3 Å². The highest BCUT2D eigenvalue weighted by atomic mass is 35.5. The van der Waals surface area contributed by atoms with Crippen molar-refractivity contribution >= 4 is 23.4 Å². The molecule has 0 saturated heterocycles. The van der Waals surface area contributed by atoms with Crippen LogP contribution in [0.25, 0.3) is 0 Å². The van der Waals surface area contributed by atoms with Gasteiger partial charge in [0.15, 0.2) is 0 Å². The molecule has 29 heavy (non-hydrogen) atoms. The molecule has 0 aliphatic carbocycles. The lowest BCUT2D eigenvalue weighted by atomic mass is 9.90. The molecule has 0 aliphatic heterocycles. The Morgan fingerprint density at radius 3 is 1.79 bits per heavy atom. The molecule has 3 aromatic rings. The number of carbonyl (C=O) groups is 2. The predicted molar refractivity (Wildman–Crippen MR) is 116 cm³/mol. The van der Waals surface area contributed by atoms with Gasteiger partial charge in [-0.25, -0.2) is 0 Å². The minimum Gasteiger partial charge on any atom is -0.354 e. The molecule has 0 aromatic heterocycles. The summed E-state index contributed by atoms with van der Waals surface area (Å²) in [4.78, 5) is 24.9. The van der Waals surface area contributed by atoms with Crippen LogP contribution in [-0.2, 0) is 16.0 Å². The summed E-state index contributed by atoms with van der Waals surface area (Å²) in [5, 5.41) is 6.41. The number of halogens is 1. The lowest BCUT2D eigenvalue weighted by Gasteiger charge is -2.18. The van der Waals surface area contributed by atoms with Crippen LogP contribution in [-0.4, -0.2) is 24.9 Å². The van der Waals surface area contributed by atoms with Gasteiger partial charge in [0.1, 0.15) is 0 Å². The van der Waals surface area contributed by atoms with Crippen molar-refractivity contribution in [1.82, 2.24) is 10.6 Å². The fourth-order valence-electron chi connectivity index (χ4n) is 3.13. The van der Waals surface area contributed by atoms with Gasteiger partial charge in [-0.2, -0.15) is 0 Å². The van der Waals surface area contributed by atoms with Crippen LogP contribution in [0.2, 0.25) is 5.02 Å². The number of amides is 2. The molecule has 2 amide bonds. The summed E-state index contributed by atoms with van der Waals surface area (Å²) in [5.41, 5.74) is 2.76. The summed E-state index contributed by atoms with van der Waals surface area (Å²) in [6.07, 6.45) is 0.280. The SMILES string of the molecule is O=C(Cc1ccc(Cl)cc1)NCCNC(=O)C(c1ccccc1)c1ccccc1. The van der Waals surface area contributed by atoms with Crippen LogP contribution < -0.4 is 10.6 Å². The van der Waals surface area contributed by atoms with E-state index in [1.807, 2.05) is 72.8 Å². The first-order chi connectivity index (χ1) is 14.1. The van der Waals surface area contributed by atoms with E-state index in [4.69, 9.17) is 11.6 Å². The van der Waals surface area contributed by atoms with E-state index in [-0.39, 0.29) is 24.2 Å². The Bertz CT molecular complexity index is 889. The Morgan fingerprint density at radius 2 is 1.24 bits per heavy atom. The van der Waals surface area contributed by atoms with E-state index in [0.717, 1.165) is 16.7 Å². The third-order valence-corrected chi connectivity index (χ3v) is 4.80. The molecular formula is C24H23ClN2O2. The molecule has 3 aromatic carbocycles. The van der Waals surface area contributed by atoms with Crippen molar-refractivity contribution in [2.45, 2.75) is 12.3 Å². The average Bonchev–Trinajstić information content (AvgIpc) is 2.75. The zero-order chi connectivity index (χ0) is 20.5. The number of hydrogen-bond acceptors (Lipinski definition) is 2. The molecule has 0 spiro atoms. The second-order valence-electron chi connectivity index (χ2n) is 6.70. The van der Waals surface area contributed by atoms with Crippen LogP contribution >= 0.6 is 11.6 Å². The maximum atomic E-state index is 12.9. The summed E-state index contributed by atoms with van der Waals surface area (Å²) in [7, 11) is 0. The van der Waals surface area contributed by atoms with E-state index in [1.54, 1.807) is 12.1 Å². The van der Waals surface area contributed by atoms with Gasteiger partial charge in [0.25, 0.3) is 0 Å². The zero-order valence-electron chi connectivity index (χ0n) is 16.0. The minimum absolute atomic E-state index is 0.0886. The van der Waals surface area contributed by atoms with Crippen molar-refractivity contribution in [1.29, 1.82) is 0 Å². The fourth-order valence-corrected chi connectivity index (χ4v) is 3.25. The summed E-state index contributed by atoms with van der Waals surface area (Å²) in [5.74, 6) is -0.569. The Hall–Kier alpha value is -3.11. The molecule has 3 rings (SSSR count). The topological polar surface area (TPSA) is 58.2 Å². The van der Waals surface area contributed by atoms with Crippen LogP contribution in [0.1, 0.15) is 22.6 Å². The van der Waals surface area contributed by atoms with E-state index >= 15 is 0 Å². The maximum Gasteiger partial charge on any atom is 0.232 e. The largest absolute Gasteiger partial charge is 0.354 e. The van der Waals surface area contributed by atoms with E-state index in [1.165, 1.54) is 0 Å². The molecule has 0 atom stereocenters. The Morgan fingerprint density at radius 1 is 0.724 bits per heavy atom. The van der Waals surface area contributed by atoms with E-state index in [0.29, 0.717) is 18.1 Å². The van der Waals surface area contributed by atoms with Crippen molar-refractivity contribution in [3.63, 3.8) is 0 Å². The summed E-state index contributed by atoms with van der Waals surface area (Å²) in [6.45, 7) is 0.732. The smallest absolute Gasteiger partial charge is 0.232 e. The van der Waals surface area contributed by atoms with Crippen LogP contribution in [0, 0.1) is 0 Å². The van der Waals surface area contributed by atoms with Crippen molar-refractivity contribution in [3.8, 4) is 0 Å². The summed E-state index contributed by atoms with van der Waals surface area (Å²) < 4.78 is 0. The van der Waals surface area contributed by atoms with Gasteiger partial charge < -0.3 is 10.6 Å². The lowest BCUT2D eigenvalue weighted by molar-refractivity contribution is -0.123. The number of nitrogens with one attached hydrogen (secondary N) is 2. The van der Waals surface area contributed by atoms with Gasteiger partial charge in [0.2, 0.25) is 11.8 Å². The first-order valence-electron chi connectivity index (χ1n) is 9.52. The van der Waals surface area contributed by atoms with Crippen LogP contribution in [0.3, 0.4) is 0 Å². The number of carbonyl (C=O) groups excluding carboxylic acids is 2. The van der Waals surface area contributed by atoms with E-state index < -0.39 is 0 Å². The van der Waals surface area contributed by atoms with E-state index in [2.05, 4.69) is 10.6 Å². The summed E-state index contributed by atoms with van der Waals surface area (Å²) in [6, 6.07) is 26.5. The van der Waals surface area contributed by atoms with Gasteiger partial charge in [-0.3, -0.25) is 9.59 Å². The fraction of sp³-hybridized carbons (Fsp3) is 0.167. The molecule has 0 saturated carbocycles. The van der Waals surface area contributed by atoms with Crippen molar-refractivity contribution < 1.29 is 9.59 Å². The standard InChI is InChI=1S/C24H23ClN2O2/c25-21-13-11-18(12-14-21)17-22(28)26-15-16-27-24(29)23(19-7-3-1-4-8-19)20-9-5-2-6-10-20/h1-14,23H,15-17H2,(H,26,28)(H,27,29). The lowest BCUT2D eigenvalue weighted by Crippen LogP contribution is -2.37. The highest BCUT2D eigenvalue weighted by molar-refractivity contribution is 6.30. The van der Waals surface area contributed by atoms with Crippen LogP contribution in [0.5, 0.6) is 0 Å². The van der Waals surface area contributed by atoms with Crippen molar-refractivity contribution in [3.05, 3.63) is 107 Å². The second kappa shape index (κ2) is 10.4. The molecule has 4 nitrogen and oxygen atoms in total. The first kappa shape index (κ1) is 20.6. The number of benzene rings is 3. The molecule has 148 valence electrons. The number of hydrogen-bond donors (Lipinski definition) is 2. The molecule has 2 N–H and O–H groups in total. The van der Waals surface area contributed by atoms with Gasteiger partial charge in [-0.05, 0) is 28.8 Å². The first-order valence-corrected chi connectivity index (χ1v) is 9.90. The van der Waals surface area contributed by atoms with Gasteiger partial charge >= 0.3 is 0 Å². The van der Waals surface area contributed by atoms with Crippen molar-refractivity contribution in [2.24, 2.45) is 0 Å². The number of rotatable bonds is 8. The monoisotopic (exact) mass is 406 g/mol. The van der Waals surface area contributed by atoms with Gasteiger partial charge in [-0.1, -0.05) is 84.4 Å². The molecule has 0 radical (unpaired) electrons. The molecule has 0 unspecified atom stereocenters. The molecule has 0 aliphatic rings. The Labute approximate surface area is 175 Å². The highest BCUT2D eigenvalue weighted by Gasteiger charge is 2.22. The molecule has 0 fully saturated rings. The highest BCUT2D eigenvalue weighted by Crippen LogP contribution is 2.24. The zero-order valence-corrected chi connectivity index (χ0v) is 16.7. The Kier molecular flexibility index (Phi) is 7.42. The molecule has 5 heteroatoms. The molecule has 0 bridgehead atoms. The minimum atomic E-state index is -0.387. The third-order valence-electron chi connectivity index (χ3n) is 4.55. The normalized spacial score (nSPS) is 10.6. The van der Waals surface area contributed by atoms with Gasteiger partial charge in [-0.15, -0.1) is 0 Å². The third kappa shape index (κ3) is 6.19. The predicted octanol–water partition coefficient (Wildman–Crippen LogP) is 3.95. The van der Waals surface area contributed by atoms with E-state index in [9.17, 15) is 9.59 Å². The Balaban J connectivity index is 1.52. The van der Waals surface area contributed by atoms with Gasteiger partial charge in [0, 0.05) is 18.1 Å². The van der Waals surface area contributed by atoms with Crippen molar-refractivity contribution in [2.75, 3.05) is 13.1 Å². The molecule has 0 heterocycles. The summed E-state index contributed by atoms with van der Waals surface area (Å²) >= 11 is 5.85. The van der Waals surface area contributed by atoms with Crippen LogP contribution in [0.4, 0.5) is 0 Å².